The summed E-state index contributed by atoms with van der Waals surface area (Å²) < 4.78 is 0. The lowest BCUT2D eigenvalue weighted by Crippen LogP contribution is -2.07. The lowest BCUT2D eigenvalue weighted by atomic mass is 9.88. The topological polar surface area (TPSA) is 0 Å². The van der Waals surface area contributed by atoms with Crippen LogP contribution in [0.25, 0.3) is 0 Å². The van der Waals surface area contributed by atoms with E-state index < -0.39 is 0 Å². The van der Waals surface area contributed by atoms with E-state index in [4.69, 9.17) is 0 Å². The summed E-state index contributed by atoms with van der Waals surface area (Å²) in [5, 5.41) is 0. The first kappa shape index (κ1) is 8.59. The van der Waals surface area contributed by atoms with Gasteiger partial charge in [-0.05, 0) is 36.5 Å². The van der Waals surface area contributed by atoms with E-state index in [1.54, 1.807) is 25.7 Å². The van der Waals surface area contributed by atoms with Crippen molar-refractivity contribution in [3.63, 3.8) is 0 Å². The number of rotatable bonds is 2. The highest BCUT2D eigenvalue weighted by molar-refractivity contribution is 4.89. The Morgan fingerprint density at radius 3 is 2.25 bits per heavy atom. The standard InChI is InChI=1S/C12H22/c1-3-9(2)12-7-10-5-4-6-11(10)8-12/h9-12H,3-8H2,1-2H3. The van der Waals surface area contributed by atoms with E-state index in [2.05, 4.69) is 13.8 Å². The first-order valence-corrected chi connectivity index (χ1v) is 5.81. The van der Waals surface area contributed by atoms with Gasteiger partial charge in [-0.1, -0.05) is 39.5 Å². The Kier molecular flexibility index (Phi) is 2.43. The van der Waals surface area contributed by atoms with E-state index in [0.717, 1.165) is 23.7 Å². The molecule has 12 heavy (non-hydrogen) atoms. The van der Waals surface area contributed by atoms with Gasteiger partial charge >= 0.3 is 0 Å². The van der Waals surface area contributed by atoms with E-state index in [1.165, 1.54) is 12.8 Å². The zero-order chi connectivity index (χ0) is 8.55. The predicted octanol–water partition coefficient (Wildman–Crippen LogP) is 3.86. The molecule has 2 saturated carbocycles. The molecule has 0 nitrogen and oxygen atoms in total. The van der Waals surface area contributed by atoms with Crippen LogP contribution in [0.2, 0.25) is 0 Å². The Bertz CT molecular complexity index is 138. The van der Waals surface area contributed by atoms with Gasteiger partial charge in [0.15, 0.2) is 0 Å². The second-order valence-electron chi connectivity index (χ2n) is 5.07. The normalized spacial score (nSPS) is 43.0. The van der Waals surface area contributed by atoms with E-state index in [0.29, 0.717) is 0 Å². The van der Waals surface area contributed by atoms with Crippen LogP contribution in [-0.4, -0.2) is 0 Å². The molecular formula is C12H22. The zero-order valence-electron chi connectivity index (χ0n) is 8.55. The van der Waals surface area contributed by atoms with Crippen LogP contribution in [0.3, 0.4) is 0 Å². The van der Waals surface area contributed by atoms with Crippen molar-refractivity contribution >= 4 is 0 Å². The number of fused-ring (bicyclic) bond motifs is 1. The molecule has 0 aliphatic heterocycles. The summed E-state index contributed by atoms with van der Waals surface area (Å²) in [7, 11) is 0. The molecular weight excluding hydrogens is 144 g/mol. The van der Waals surface area contributed by atoms with Crippen molar-refractivity contribution in [2.24, 2.45) is 23.7 Å². The molecule has 2 rings (SSSR count). The number of hydrogen-bond acceptors (Lipinski definition) is 0. The third kappa shape index (κ3) is 1.41. The summed E-state index contributed by atoms with van der Waals surface area (Å²) >= 11 is 0. The van der Waals surface area contributed by atoms with Gasteiger partial charge < -0.3 is 0 Å². The van der Waals surface area contributed by atoms with Crippen molar-refractivity contribution < 1.29 is 0 Å². The average molecular weight is 166 g/mol. The van der Waals surface area contributed by atoms with E-state index >= 15 is 0 Å². The zero-order valence-corrected chi connectivity index (χ0v) is 8.55. The van der Waals surface area contributed by atoms with Gasteiger partial charge in [0.1, 0.15) is 0 Å². The summed E-state index contributed by atoms with van der Waals surface area (Å²) in [6.07, 6.45) is 9.17. The van der Waals surface area contributed by atoms with Crippen molar-refractivity contribution in [2.45, 2.75) is 52.4 Å². The third-order valence-corrected chi connectivity index (χ3v) is 4.48. The van der Waals surface area contributed by atoms with Crippen LogP contribution in [0.15, 0.2) is 0 Å². The molecule has 0 heterocycles. The minimum Gasteiger partial charge on any atom is -0.0651 e. The summed E-state index contributed by atoms with van der Waals surface area (Å²) in [5.74, 6) is 4.37. The second-order valence-corrected chi connectivity index (χ2v) is 5.07. The molecule has 0 N–H and O–H groups in total. The molecule has 2 aliphatic carbocycles. The first-order chi connectivity index (χ1) is 5.81. The van der Waals surface area contributed by atoms with Crippen molar-refractivity contribution in [1.82, 2.24) is 0 Å². The van der Waals surface area contributed by atoms with E-state index in [1.807, 2.05) is 0 Å². The maximum Gasteiger partial charge on any atom is -0.0383 e. The summed E-state index contributed by atoms with van der Waals surface area (Å²) in [6, 6.07) is 0. The Labute approximate surface area is 76.7 Å². The third-order valence-electron chi connectivity index (χ3n) is 4.48. The van der Waals surface area contributed by atoms with Gasteiger partial charge in [0.2, 0.25) is 0 Å². The molecule has 2 aliphatic rings. The molecule has 0 amide bonds. The van der Waals surface area contributed by atoms with Crippen LogP contribution < -0.4 is 0 Å². The lowest BCUT2D eigenvalue weighted by Gasteiger charge is -2.17. The minimum absolute atomic E-state index is 0.996. The molecule has 0 bridgehead atoms. The van der Waals surface area contributed by atoms with Crippen molar-refractivity contribution in [2.75, 3.05) is 0 Å². The van der Waals surface area contributed by atoms with Crippen molar-refractivity contribution in [3.05, 3.63) is 0 Å². The van der Waals surface area contributed by atoms with E-state index in [-0.39, 0.29) is 0 Å². The SMILES string of the molecule is CCC(C)C1CC2CCCC2C1. The van der Waals surface area contributed by atoms with E-state index in [9.17, 15) is 0 Å². The van der Waals surface area contributed by atoms with Gasteiger partial charge in [-0.25, -0.2) is 0 Å². The summed E-state index contributed by atoms with van der Waals surface area (Å²) in [4.78, 5) is 0. The fraction of sp³-hybridized carbons (Fsp3) is 1.00. The lowest BCUT2D eigenvalue weighted by molar-refractivity contribution is 0.334. The highest BCUT2D eigenvalue weighted by atomic mass is 14.4. The smallest absolute Gasteiger partial charge is 0.0383 e. The van der Waals surface area contributed by atoms with Gasteiger partial charge in [0.25, 0.3) is 0 Å². The summed E-state index contributed by atoms with van der Waals surface area (Å²) in [6.45, 7) is 4.80. The van der Waals surface area contributed by atoms with Crippen molar-refractivity contribution in [3.8, 4) is 0 Å². The van der Waals surface area contributed by atoms with Gasteiger partial charge in [-0.3, -0.25) is 0 Å². The van der Waals surface area contributed by atoms with Crippen LogP contribution in [0.1, 0.15) is 52.4 Å². The maximum absolute atomic E-state index is 2.45. The second kappa shape index (κ2) is 3.40. The molecule has 3 atom stereocenters. The Hall–Kier alpha value is 0. The first-order valence-electron chi connectivity index (χ1n) is 5.81. The Balaban J connectivity index is 1.90. The van der Waals surface area contributed by atoms with Crippen molar-refractivity contribution in [1.29, 1.82) is 0 Å². The average Bonchev–Trinajstić information content (AvgIpc) is 2.60. The Morgan fingerprint density at radius 2 is 1.75 bits per heavy atom. The molecule has 3 unspecified atom stereocenters. The Morgan fingerprint density at radius 1 is 1.17 bits per heavy atom. The maximum atomic E-state index is 2.45. The fourth-order valence-corrected chi connectivity index (χ4v) is 3.41. The van der Waals surface area contributed by atoms with Crippen LogP contribution in [0.5, 0.6) is 0 Å². The van der Waals surface area contributed by atoms with Gasteiger partial charge in [-0.15, -0.1) is 0 Å². The largest absolute Gasteiger partial charge is 0.0651 e. The highest BCUT2D eigenvalue weighted by Gasteiger charge is 2.38. The molecule has 0 heteroatoms. The fourth-order valence-electron chi connectivity index (χ4n) is 3.41. The number of hydrogen-bond donors (Lipinski definition) is 0. The van der Waals surface area contributed by atoms with Crippen LogP contribution in [-0.2, 0) is 0 Å². The van der Waals surface area contributed by atoms with Crippen LogP contribution in [0, 0.1) is 23.7 Å². The summed E-state index contributed by atoms with van der Waals surface area (Å²) in [5.41, 5.74) is 0. The monoisotopic (exact) mass is 166 g/mol. The molecule has 0 radical (unpaired) electrons. The molecule has 0 aromatic carbocycles. The van der Waals surface area contributed by atoms with Gasteiger partial charge in [0.05, 0.1) is 0 Å². The molecule has 0 aromatic rings. The quantitative estimate of drug-likeness (QED) is 0.584. The molecule has 2 fully saturated rings. The van der Waals surface area contributed by atoms with Crippen LogP contribution >= 0.6 is 0 Å². The minimum atomic E-state index is 0.996. The predicted molar refractivity (Wildman–Crippen MR) is 53.0 cm³/mol. The van der Waals surface area contributed by atoms with Gasteiger partial charge in [0, 0.05) is 0 Å². The van der Waals surface area contributed by atoms with Gasteiger partial charge in [-0.2, -0.15) is 0 Å². The molecule has 0 spiro atoms. The molecule has 0 aromatic heterocycles. The molecule has 70 valence electrons. The molecule has 0 saturated heterocycles. The van der Waals surface area contributed by atoms with Crippen LogP contribution in [0.4, 0.5) is 0 Å². The highest BCUT2D eigenvalue weighted by Crippen LogP contribution is 2.49.